The first kappa shape index (κ1) is 10.4. The molecule has 0 saturated carbocycles. The summed E-state index contributed by atoms with van der Waals surface area (Å²) in [6, 6.07) is 0. The Labute approximate surface area is 62.0 Å². The predicted molar refractivity (Wildman–Crippen MR) is 32.5 cm³/mol. The van der Waals surface area contributed by atoms with E-state index >= 15 is 0 Å². The topological polar surface area (TPSA) is 37.3 Å². The molecule has 0 rings (SSSR count). The third-order valence-corrected chi connectivity index (χ3v) is 0.464. The summed E-state index contributed by atoms with van der Waals surface area (Å²) in [4.78, 5) is 9.60. The van der Waals surface area contributed by atoms with Gasteiger partial charge in [-0.05, 0) is 6.42 Å². The molecule has 0 aromatic rings. The van der Waals surface area contributed by atoms with Crippen molar-refractivity contribution in [1.29, 1.82) is 0 Å². The van der Waals surface area contributed by atoms with E-state index in [1.807, 2.05) is 6.92 Å². The summed E-state index contributed by atoms with van der Waals surface area (Å²) in [6.07, 6.45) is 1.02. The number of hydrogen-bond donors (Lipinski definition) is 1. The van der Waals surface area contributed by atoms with Crippen LogP contribution in [-0.4, -0.2) is 37.3 Å². The van der Waals surface area contributed by atoms with Gasteiger partial charge >= 0.3 is 32.2 Å². The Kier molecular flexibility index (Phi) is 9.40. The van der Waals surface area contributed by atoms with Crippen LogP contribution in [-0.2, 0) is 4.79 Å². The van der Waals surface area contributed by atoms with Gasteiger partial charge in [-0.25, -0.2) is 0 Å². The SMILES string of the molecule is CCCC(=O)O.[BiH3]. The molecule has 0 spiro atoms. The molecule has 0 fully saturated rings. The monoisotopic (exact) mass is 300 g/mol. The molecular weight excluding hydrogens is 289 g/mol. The molecule has 0 aliphatic heterocycles. The van der Waals surface area contributed by atoms with Crippen molar-refractivity contribution in [2.24, 2.45) is 0 Å². The molecule has 44 valence electrons. The fourth-order valence-electron chi connectivity index (χ4n) is 0.214. The van der Waals surface area contributed by atoms with Crippen molar-refractivity contribution in [3.63, 3.8) is 0 Å². The van der Waals surface area contributed by atoms with Gasteiger partial charge in [0.2, 0.25) is 0 Å². The Morgan fingerprint density at radius 1 is 1.71 bits per heavy atom. The second kappa shape index (κ2) is 6.35. The molecule has 3 heteroatoms. The zero-order valence-corrected chi connectivity index (χ0v) is 9.97. The van der Waals surface area contributed by atoms with E-state index in [2.05, 4.69) is 0 Å². The minimum absolute atomic E-state index is 0. The molecule has 0 atom stereocenters. The van der Waals surface area contributed by atoms with E-state index in [1.54, 1.807) is 0 Å². The predicted octanol–water partition coefficient (Wildman–Crippen LogP) is -0.313. The van der Waals surface area contributed by atoms with E-state index in [0.29, 0.717) is 6.42 Å². The summed E-state index contributed by atoms with van der Waals surface area (Å²) < 4.78 is 0. The van der Waals surface area contributed by atoms with Gasteiger partial charge < -0.3 is 5.11 Å². The third kappa shape index (κ3) is 10.7. The molecule has 0 aromatic heterocycles. The number of rotatable bonds is 2. The molecule has 1 N–H and O–H groups in total. The van der Waals surface area contributed by atoms with Crippen LogP contribution in [0.25, 0.3) is 0 Å². The first-order chi connectivity index (χ1) is 2.77. The molecule has 0 aliphatic rings. The van der Waals surface area contributed by atoms with Crippen LogP contribution < -0.4 is 0 Å². The number of aliphatic carboxylic acids is 1. The van der Waals surface area contributed by atoms with Gasteiger partial charge in [0.05, 0.1) is 0 Å². The normalized spacial score (nSPS) is 7.00. The number of carboxylic acid groups (broad SMARTS) is 1. The maximum absolute atomic E-state index is 9.60. The van der Waals surface area contributed by atoms with Gasteiger partial charge in [0.15, 0.2) is 0 Å². The van der Waals surface area contributed by atoms with E-state index in [-0.39, 0.29) is 26.2 Å². The van der Waals surface area contributed by atoms with Crippen molar-refractivity contribution in [2.45, 2.75) is 19.8 Å². The molecule has 0 bridgehead atoms. The number of hydrogen-bond acceptors (Lipinski definition) is 1. The fourth-order valence-corrected chi connectivity index (χ4v) is 0.214. The molecule has 0 unspecified atom stereocenters. The van der Waals surface area contributed by atoms with Crippen LogP contribution in [0.15, 0.2) is 0 Å². The van der Waals surface area contributed by atoms with Crippen molar-refractivity contribution in [2.75, 3.05) is 0 Å². The van der Waals surface area contributed by atoms with E-state index in [1.165, 1.54) is 0 Å². The van der Waals surface area contributed by atoms with Crippen LogP contribution in [0.1, 0.15) is 19.8 Å². The van der Waals surface area contributed by atoms with Crippen LogP contribution in [0.5, 0.6) is 0 Å². The molecule has 7 heavy (non-hydrogen) atoms. The van der Waals surface area contributed by atoms with Crippen LogP contribution in [0.2, 0.25) is 0 Å². The van der Waals surface area contributed by atoms with Crippen molar-refractivity contribution in [3.8, 4) is 0 Å². The standard InChI is InChI=1S/C4H8O2.Bi.3H/c1-2-3-4(5)6;;;;/h2-3H2,1H3,(H,5,6);;;;. The first-order valence-electron chi connectivity index (χ1n) is 1.99. The average molecular weight is 300 g/mol. The van der Waals surface area contributed by atoms with E-state index in [4.69, 9.17) is 5.11 Å². The van der Waals surface area contributed by atoms with Gasteiger partial charge in [0.1, 0.15) is 0 Å². The second-order valence-corrected chi connectivity index (χ2v) is 1.14. The number of carbonyl (C=O) groups is 1. The van der Waals surface area contributed by atoms with Crippen LogP contribution in [0.4, 0.5) is 0 Å². The van der Waals surface area contributed by atoms with Crippen molar-refractivity contribution in [3.05, 3.63) is 0 Å². The Morgan fingerprint density at radius 2 is 2.14 bits per heavy atom. The zero-order valence-electron chi connectivity index (χ0n) is 4.48. The average Bonchev–Trinajstić information content (AvgIpc) is 1.35. The summed E-state index contributed by atoms with van der Waals surface area (Å²) in [5.41, 5.74) is 0. The molecule has 0 saturated heterocycles. The quantitative estimate of drug-likeness (QED) is 0.710. The maximum atomic E-state index is 9.60. The Morgan fingerprint density at radius 3 is 2.14 bits per heavy atom. The van der Waals surface area contributed by atoms with Gasteiger partial charge in [-0.3, -0.25) is 4.79 Å². The van der Waals surface area contributed by atoms with Crippen molar-refractivity contribution >= 4 is 32.2 Å². The summed E-state index contributed by atoms with van der Waals surface area (Å²) in [5, 5.41) is 7.91. The molecule has 0 radical (unpaired) electrons. The van der Waals surface area contributed by atoms with Gasteiger partial charge in [-0.1, -0.05) is 6.92 Å². The summed E-state index contributed by atoms with van der Waals surface area (Å²) in [7, 11) is 0. The summed E-state index contributed by atoms with van der Waals surface area (Å²) >= 11 is 0. The molecule has 0 aromatic carbocycles. The van der Waals surface area contributed by atoms with E-state index < -0.39 is 5.97 Å². The first-order valence-corrected chi connectivity index (χ1v) is 1.99. The Bertz CT molecular complexity index is 53.7. The molecule has 0 heterocycles. The number of carboxylic acids is 1. The zero-order chi connectivity index (χ0) is 4.99. The summed E-state index contributed by atoms with van der Waals surface area (Å²) in [5.74, 6) is -0.711. The van der Waals surface area contributed by atoms with Gasteiger partial charge in [-0.15, -0.1) is 0 Å². The van der Waals surface area contributed by atoms with Crippen LogP contribution >= 0.6 is 0 Å². The third-order valence-electron chi connectivity index (χ3n) is 0.464. The minimum atomic E-state index is -0.711. The second-order valence-electron chi connectivity index (χ2n) is 1.14. The summed E-state index contributed by atoms with van der Waals surface area (Å²) in [6.45, 7) is 1.84. The molecular formula is C4H11BiO2. The van der Waals surface area contributed by atoms with Crippen molar-refractivity contribution < 1.29 is 9.90 Å². The van der Waals surface area contributed by atoms with Gasteiger partial charge in [0, 0.05) is 6.42 Å². The Balaban J connectivity index is 0. The van der Waals surface area contributed by atoms with Crippen molar-refractivity contribution in [1.82, 2.24) is 0 Å². The van der Waals surface area contributed by atoms with Gasteiger partial charge in [-0.2, -0.15) is 0 Å². The van der Waals surface area contributed by atoms with E-state index in [9.17, 15) is 4.79 Å². The molecule has 0 aliphatic carbocycles. The molecule has 0 amide bonds. The van der Waals surface area contributed by atoms with Gasteiger partial charge in [0.25, 0.3) is 0 Å². The Hall–Kier alpha value is 0.353. The molecule has 2 nitrogen and oxygen atoms in total. The van der Waals surface area contributed by atoms with Crippen LogP contribution in [0.3, 0.4) is 0 Å². The van der Waals surface area contributed by atoms with E-state index in [0.717, 1.165) is 6.42 Å². The fraction of sp³-hybridized carbons (Fsp3) is 0.750. The van der Waals surface area contributed by atoms with Crippen LogP contribution in [0, 0.1) is 0 Å².